The first-order chi connectivity index (χ1) is 10.1. The van der Waals surface area contributed by atoms with Crippen LogP contribution in [0.2, 0.25) is 0 Å². The van der Waals surface area contributed by atoms with Gasteiger partial charge in [0, 0.05) is 31.4 Å². The molecule has 2 atom stereocenters. The van der Waals surface area contributed by atoms with Gasteiger partial charge in [0.1, 0.15) is 5.52 Å². The number of rotatable bonds is 2. The van der Waals surface area contributed by atoms with Crippen molar-refractivity contribution < 1.29 is 4.92 Å². The van der Waals surface area contributed by atoms with Crippen molar-refractivity contribution in [2.24, 2.45) is 11.7 Å². The average Bonchev–Trinajstić information content (AvgIpc) is 2.44. The van der Waals surface area contributed by atoms with Crippen molar-refractivity contribution in [3.05, 3.63) is 40.6 Å². The molecule has 2 unspecified atom stereocenters. The Balaban J connectivity index is 2.11. The number of pyridine rings is 1. The summed E-state index contributed by atoms with van der Waals surface area (Å²) in [6.45, 7) is 3.83. The van der Waals surface area contributed by atoms with Crippen LogP contribution in [-0.4, -0.2) is 29.0 Å². The van der Waals surface area contributed by atoms with Crippen molar-refractivity contribution in [1.82, 2.24) is 4.98 Å². The number of non-ortho nitro benzene ring substituents is 1. The lowest BCUT2D eigenvalue weighted by Gasteiger charge is -2.36. The van der Waals surface area contributed by atoms with Gasteiger partial charge in [0.05, 0.1) is 16.0 Å². The van der Waals surface area contributed by atoms with E-state index < -0.39 is 0 Å². The predicted molar refractivity (Wildman–Crippen MR) is 82.4 cm³/mol. The molecule has 1 aromatic heterocycles. The minimum Gasteiger partial charge on any atom is -0.368 e. The van der Waals surface area contributed by atoms with Gasteiger partial charge in [-0.1, -0.05) is 6.92 Å². The summed E-state index contributed by atoms with van der Waals surface area (Å²) in [4.78, 5) is 17.3. The highest BCUT2D eigenvalue weighted by Crippen LogP contribution is 2.33. The van der Waals surface area contributed by atoms with E-state index in [1.165, 1.54) is 0 Å². The molecule has 0 saturated carbocycles. The van der Waals surface area contributed by atoms with Crippen LogP contribution < -0.4 is 10.6 Å². The normalized spacial score (nSPS) is 22.5. The third kappa shape index (κ3) is 2.54. The molecule has 1 aliphatic rings. The second-order valence-corrected chi connectivity index (χ2v) is 5.77. The van der Waals surface area contributed by atoms with Crippen LogP contribution in [-0.2, 0) is 0 Å². The van der Waals surface area contributed by atoms with E-state index in [9.17, 15) is 10.1 Å². The molecule has 1 saturated heterocycles. The molecule has 0 aliphatic carbocycles. The summed E-state index contributed by atoms with van der Waals surface area (Å²) in [7, 11) is 0. The molecule has 110 valence electrons. The van der Waals surface area contributed by atoms with Crippen molar-refractivity contribution in [2.75, 3.05) is 18.0 Å². The van der Waals surface area contributed by atoms with Crippen LogP contribution >= 0.6 is 0 Å². The van der Waals surface area contributed by atoms with Crippen LogP contribution in [0.4, 0.5) is 11.4 Å². The lowest BCUT2D eigenvalue weighted by molar-refractivity contribution is -0.383. The zero-order valence-electron chi connectivity index (χ0n) is 11.9. The smallest absolute Gasteiger partial charge is 0.278 e. The number of fused-ring (bicyclic) bond motifs is 1. The Bertz CT molecular complexity index is 678. The van der Waals surface area contributed by atoms with Crippen molar-refractivity contribution in [2.45, 2.75) is 19.4 Å². The molecule has 0 radical (unpaired) electrons. The number of nitro groups is 1. The maximum Gasteiger partial charge on any atom is 0.278 e. The summed E-state index contributed by atoms with van der Waals surface area (Å²) in [6.07, 6.45) is 2.68. The van der Waals surface area contributed by atoms with Gasteiger partial charge in [0.2, 0.25) is 0 Å². The second-order valence-electron chi connectivity index (χ2n) is 5.77. The third-order valence-corrected chi connectivity index (χ3v) is 3.95. The molecule has 2 N–H and O–H groups in total. The number of benzene rings is 1. The summed E-state index contributed by atoms with van der Waals surface area (Å²) in [6, 6.07) is 6.95. The zero-order chi connectivity index (χ0) is 15.0. The standard InChI is InChI=1S/C15H18N4O2/c1-10-7-11(16)9-18(8-10)14-5-4-13(19(20)21)12-3-2-6-17-15(12)14/h2-6,10-11H,7-9,16H2,1H3. The van der Waals surface area contributed by atoms with Gasteiger partial charge in [-0.05, 0) is 30.5 Å². The van der Waals surface area contributed by atoms with E-state index in [1.54, 1.807) is 30.5 Å². The van der Waals surface area contributed by atoms with Gasteiger partial charge in [0.15, 0.2) is 0 Å². The van der Waals surface area contributed by atoms with Crippen molar-refractivity contribution in [1.29, 1.82) is 0 Å². The fourth-order valence-corrected chi connectivity index (χ4v) is 3.15. The molecule has 0 bridgehead atoms. The van der Waals surface area contributed by atoms with Crippen LogP contribution in [0.5, 0.6) is 0 Å². The van der Waals surface area contributed by atoms with E-state index in [0.29, 0.717) is 16.8 Å². The lowest BCUT2D eigenvalue weighted by Crippen LogP contribution is -2.46. The highest BCUT2D eigenvalue weighted by Gasteiger charge is 2.25. The first-order valence-electron chi connectivity index (χ1n) is 7.09. The van der Waals surface area contributed by atoms with Gasteiger partial charge in [-0.2, -0.15) is 0 Å². The molecule has 1 aromatic carbocycles. The minimum absolute atomic E-state index is 0.0937. The van der Waals surface area contributed by atoms with E-state index in [4.69, 9.17) is 5.73 Å². The van der Waals surface area contributed by atoms with Crippen molar-refractivity contribution in [3.63, 3.8) is 0 Å². The summed E-state index contributed by atoms with van der Waals surface area (Å²) < 4.78 is 0. The summed E-state index contributed by atoms with van der Waals surface area (Å²) in [5.74, 6) is 0.503. The van der Waals surface area contributed by atoms with E-state index in [2.05, 4.69) is 16.8 Å². The molecule has 3 rings (SSSR count). The molecular weight excluding hydrogens is 268 g/mol. The van der Waals surface area contributed by atoms with E-state index in [1.807, 2.05) is 0 Å². The van der Waals surface area contributed by atoms with Crippen LogP contribution in [0.15, 0.2) is 30.5 Å². The van der Waals surface area contributed by atoms with Crippen LogP contribution in [0.1, 0.15) is 13.3 Å². The number of hydrogen-bond donors (Lipinski definition) is 1. The fourth-order valence-electron chi connectivity index (χ4n) is 3.15. The Morgan fingerprint density at radius 2 is 2.19 bits per heavy atom. The molecule has 2 aromatic rings. The Hall–Kier alpha value is -2.21. The van der Waals surface area contributed by atoms with Gasteiger partial charge < -0.3 is 10.6 Å². The number of hydrogen-bond acceptors (Lipinski definition) is 5. The Kier molecular flexibility index (Phi) is 3.47. The van der Waals surface area contributed by atoms with Gasteiger partial charge >= 0.3 is 0 Å². The maximum absolute atomic E-state index is 11.2. The number of aromatic nitrogens is 1. The zero-order valence-corrected chi connectivity index (χ0v) is 11.9. The molecule has 0 amide bonds. The van der Waals surface area contributed by atoms with Gasteiger partial charge in [-0.25, -0.2) is 0 Å². The average molecular weight is 286 g/mol. The first kappa shape index (κ1) is 13.8. The van der Waals surface area contributed by atoms with E-state index >= 15 is 0 Å². The number of nitrogens with zero attached hydrogens (tertiary/aromatic N) is 3. The minimum atomic E-state index is -0.363. The van der Waals surface area contributed by atoms with E-state index in [-0.39, 0.29) is 16.7 Å². The summed E-state index contributed by atoms with van der Waals surface area (Å²) in [5.41, 5.74) is 7.80. The Labute approximate surface area is 122 Å². The van der Waals surface area contributed by atoms with Gasteiger partial charge in [-0.3, -0.25) is 15.1 Å². The molecular formula is C15H18N4O2. The Morgan fingerprint density at radius 1 is 1.38 bits per heavy atom. The summed E-state index contributed by atoms with van der Waals surface area (Å²) >= 11 is 0. The molecule has 21 heavy (non-hydrogen) atoms. The monoisotopic (exact) mass is 286 g/mol. The highest BCUT2D eigenvalue weighted by molar-refractivity contribution is 5.97. The van der Waals surface area contributed by atoms with E-state index in [0.717, 1.165) is 25.2 Å². The lowest BCUT2D eigenvalue weighted by atomic mass is 9.95. The maximum atomic E-state index is 11.2. The van der Waals surface area contributed by atoms with Crippen LogP contribution in [0.3, 0.4) is 0 Å². The van der Waals surface area contributed by atoms with Crippen LogP contribution in [0, 0.1) is 16.0 Å². The van der Waals surface area contributed by atoms with Crippen LogP contribution in [0.25, 0.3) is 10.9 Å². The molecule has 6 nitrogen and oxygen atoms in total. The quantitative estimate of drug-likeness (QED) is 0.676. The number of anilines is 1. The topological polar surface area (TPSA) is 85.3 Å². The summed E-state index contributed by atoms with van der Waals surface area (Å²) in [5, 5.41) is 11.7. The molecule has 6 heteroatoms. The molecule has 1 fully saturated rings. The second kappa shape index (κ2) is 5.29. The number of nitrogens with two attached hydrogens (primary N) is 1. The van der Waals surface area contributed by atoms with Gasteiger partial charge in [0.25, 0.3) is 5.69 Å². The SMILES string of the molecule is CC1CC(N)CN(c2ccc([N+](=O)[O-])c3cccnc23)C1. The first-order valence-corrected chi connectivity index (χ1v) is 7.09. The van der Waals surface area contributed by atoms with Crippen molar-refractivity contribution in [3.8, 4) is 0 Å². The number of nitro benzene ring substituents is 1. The van der Waals surface area contributed by atoms with Gasteiger partial charge in [-0.15, -0.1) is 0 Å². The predicted octanol–water partition coefficient (Wildman–Crippen LogP) is 2.32. The highest BCUT2D eigenvalue weighted by atomic mass is 16.6. The number of piperidine rings is 1. The molecule has 0 spiro atoms. The largest absolute Gasteiger partial charge is 0.368 e. The fraction of sp³-hybridized carbons (Fsp3) is 0.400. The molecule has 1 aliphatic heterocycles. The third-order valence-electron chi connectivity index (χ3n) is 3.95. The Morgan fingerprint density at radius 3 is 2.90 bits per heavy atom. The van der Waals surface area contributed by atoms with Crippen molar-refractivity contribution >= 4 is 22.3 Å². The molecule has 2 heterocycles.